The Hall–Kier alpha value is -4.40. The Kier molecular flexibility index (Phi) is 10.4. The Morgan fingerprint density at radius 2 is 1.69 bits per heavy atom. The normalized spacial score (nSPS) is 23.8. The topological polar surface area (TPSA) is 221 Å². The lowest BCUT2D eigenvalue weighted by molar-refractivity contribution is -0.153. The number of primary amides is 1. The van der Waals surface area contributed by atoms with Crippen LogP contribution >= 0.6 is 7.60 Å². The quantitative estimate of drug-likeness (QED) is 0.105. The smallest absolute Gasteiger partial charge is 0.357 e. The highest BCUT2D eigenvalue weighted by atomic mass is 31.2. The fraction of sp³-hybridized carbons (Fsp3) is 0.457. The van der Waals surface area contributed by atoms with E-state index in [-0.39, 0.29) is 42.9 Å². The van der Waals surface area contributed by atoms with E-state index in [1.165, 1.54) is 12.0 Å². The number of nitrogens with zero attached hydrogens (tertiary/aromatic N) is 2. The van der Waals surface area contributed by atoms with Crippen LogP contribution < -0.4 is 20.7 Å². The fourth-order valence-electron chi connectivity index (χ4n) is 7.63. The van der Waals surface area contributed by atoms with Crippen LogP contribution in [-0.2, 0) is 34.4 Å². The number of ketones is 2. The number of phenolic OH excluding ortho intramolecular Hbond substituents is 1. The van der Waals surface area contributed by atoms with Gasteiger partial charge < -0.3 is 50.2 Å². The number of hydrogen-bond donors (Lipinski definition) is 6. The number of carbonyl (C=O) groups excluding carboxylic acids is 3. The number of aliphatic hydroxyl groups is 3. The van der Waals surface area contributed by atoms with Crippen LogP contribution in [0.3, 0.4) is 0 Å². The van der Waals surface area contributed by atoms with E-state index >= 15 is 0 Å². The molecule has 2 aromatic carbocycles. The van der Waals surface area contributed by atoms with Gasteiger partial charge in [0.1, 0.15) is 28.6 Å². The van der Waals surface area contributed by atoms with Crippen molar-refractivity contribution in [3.05, 3.63) is 63.9 Å². The summed E-state index contributed by atoms with van der Waals surface area (Å²) in [6, 6.07) is 7.09. The minimum atomic E-state index is -3.98. The number of Topliss-reactive ketones (excluding diaryl/α,β-unsaturated/α-hetero) is 2. The second-order valence-corrected chi connectivity index (χ2v) is 15.3. The molecule has 51 heavy (non-hydrogen) atoms. The summed E-state index contributed by atoms with van der Waals surface area (Å²) < 4.78 is 31.0. The Labute approximate surface area is 295 Å². The lowest BCUT2D eigenvalue weighted by atomic mass is 9.57. The number of benzene rings is 2. The van der Waals surface area contributed by atoms with Gasteiger partial charge in [0.25, 0.3) is 5.91 Å². The molecule has 0 bridgehead atoms. The average Bonchev–Trinajstić information content (AvgIpc) is 3.05. The number of amides is 1. The van der Waals surface area contributed by atoms with Crippen molar-refractivity contribution < 1.29 is 53.2 Å². The monoisotopic (exact) mass is 728 g/mol. The third-order valence-electron chi connectivity index (χ3n) is 9.84. The molecule has 0 saturated heterocycles. The van der Waals surface area contributed by atoms with E-state index in [4.69, 9.17) is 19.5 Å². The Morgan fingerprint density at radius 3 is 2.20 bits per heavy atom. The summed E-state index contributed by atoms with van der Waals surface area (Å²) in [7, 11) is 4.11. The molecule has 2 aromatic rings. The van der Waals surface area contributed by atoms with Crippen molar-refractivity contribution in [1.29, 1.82) is 0 Å². The molecule has 3 aliphatic rings. The standard InChI is InChI=1S/C35H45N4O11P/c1-8-49-51(47,50-9-2)34(17-10-12-19(48-7)13-11-17)37-22-16-23(38(3)4)20-14-18-15-21-27(39(5)6)30(42)26(33(36)45)32(44)35(21,46)31(43)24(18)29(41)25(20)28(22)40/h10-13,16,18,21,27,34,37,40-41,44,46H,8-9,14-15H2,1-7H3,(H2,36,45). The number of phenols is 1. The number of hydrogen-bond acceptors (Lipinski definition) is 14. The van der Waals surface area contributed by atoms with Crippen molar-refractivity contribution in [2.24, 2.45) is 17.6 Å². The lowest BCUT2D eigenvalue weighted by Gasteiger charge is -2.50. The number of ether oxygens (including phenoxy) is 1. The van der Waals surface area contributed by atoms with Crippen LogP contribution in [0.25, 0.3) is 5.76 Å². The summed E-state index contributed by atoms with van der Waals surface area (Å²) in [6.45, 7) is 3.42. The van der Waals surface area contributed by atoms with Crippen LogP contribution in [0.2, 0.25) is 0 Å². The van der Waals surface area contributed by atoms with Gasteiger partial charge in [-0.25, -0.2) is 0 Å². The number of fused-ring (bicyclic) bond motifs is 3. The first-order valence-electron chi connectivity index (χ1n) is 16.5. The SMILES string of the molecule is CCOP(=O)(OCC)C(Nc1cc(N(C)C)c2c(c1O)C(O)=C1C(=O)C3(O)C(O)=C(C(N)=O)C(=O)C(N(C)C)C3CC1C2)c1ccc(OC)cc1. The Morgan fingerprint density at radius 1 is 1.08 bits per heavy atom. The van der Waals surface area contributed by atoms with Crippen LogP contribution in [0.4, 0.5) is 11.4 Å². The van der Waals surface area contributed by atoms with E-state index in [0.717, 1.165) is 0 Å². The molecule has 0 aromatic heterocycles. The molecule has 5 atom stereocenters. The zero-order valence-electron chi connectivity index (χ0n) is 29.6. The zero-order chi connectivity index (χ0) is 37.7. The minimum absolute atomic E-state index is 0.0121. The van der Waals surface area contributed by atoms with Crippen LogP contribution in [0.5, 0.6) is 11.5 Å². The van der Waals surface area contributed by atoms with E-state index in [0.29, 0.717) is 22.6 Å². The predicted molar refractivity (Wildman–Crippen MR) is 189 cm³/mol. The highest BCUT2D eigenvalue weighted by Crippen LogP contribution is 2.62. The van der Waals surface area contributed by atoms with E-state index < -0.39 is 77.2 Å². The number of aliphatic hydroxyl groups excluding tert-OH is 2. The van der Waals surface area contributed by atoms with Crippen molar-refractivity contribution in [3.63, 3.8) is 0 Å². The summed E-state index contributed by atoms with van der Waals surface area (Å²) >= 11 is 0. The number of nitrogens with two attached hydrogens (primary N) is 1. The van der Waals surface area contributed by atoms with Crippen LogP contribution in [0.1, 0.15) is 42.7 Å². The highest BCUT2D eigenvalue weighted by molar-refractivity contribution is 7.54. The number of methoxy groups -OCH3 is 1. The predicted octanol–water partition coefficient (Wildman–Crippen LogP) is 3.42. The number of rotatable bonds is 12. The van der Waals surface area contributed by atoms with Crippen LogP contribution in [0.15, 0.2) is 47.2 Å². The van der Waals surface area contributed by atoms with Gasteiger partial charge in [0, 0.05) is 31.3 Å². The molecule has 1 amide bonds. The Bertz CT molecular complexity index is 1860. The molecule has 5 unspecified atom stereocenters. The molecule has 276 valence electrons. The summed E-state index contributed by atoms with van der Waals surface area (Å²) in [5.41, 5.74) is 2.83. The van der Waals surface area contributed by atoms with E-state index in [1.54, 1.807) is 77.3 Å². The molecule has 7 N–H and O–H groups in total. The first kappa shape index (κ1) is 37.8. The van der Waals surface area contributed by atoms with Crippen molar-refractivity contribution >= 4 is 42.2 Å². The van der Waals surface area contributed by atoms with Crippen molar-refractivity contribution in [2.45, 2.75) is 44.1 Å². The van der Waals surface area contributed by atoms with E-state index in [1.807, 2.05) is 0 Å². The van der Waals surface area contributed by atoms with Gasteiger partial charge in [-0.05, 0) is 76.0 Å². The second kappa shape index (κ2) is 14.0. The largest absolute Gasteiger partial charge is 0.508 e. The van der Waals surface area contributed by atoms with Gasteiger partial charge in [0.15, 0.2) is 17.2 Å². The van der Waals surface area contributed by atoms with Gasteiger partial charge in [-0.2, -0.15) is 0 Å². The summed E-state index contributed by atoms with van der Waals surface area (Å²) in [5.74, 6) is -8.17. The van der Waals surface area contributed by atoms with Gasteiger partial charge in [-0.1, -0.05) is 12.1 Å². The van der Waals surface area contributed by atoms with Crippen molar-refractivity contribution in [3.8, 4) is 11.5 Å². The zero-order valence-corrected chi connectivity index (χ0v) is 30.5. The Balaban J connectivity index is 1.72. The number of anilines is 2. The van der Waals surface area contributed by atoms with Gasteiger partial charge >= 0.3 is 7.60 Å². The molecule has 1 saturated carbocycles. The van der Waals surface area contributed by atoms with E-state index in [9.17, 15) is 39.4 Å². The molecule has 3 aliphatic carbocycles. The molecule has 0 spiro atoms. The first-order chi connectivity index (χ1) is 24.0. The molecule has 5 rings (SSSR count). The van der Waals surface area contributed by atoms with Crippen molar-refractivity contribution in [1.82, 2.24) is 4.90 Å². The molecule has 0 radical (unpaired) electrons. The van der Waals surface area contributed by atoms with Crippen LogP contribution in [-0.4, -0.2) is 103 Å². The minimum Gasteiger partial charge on any atom is -0.508 e. The average molecular weight is 729 g/mol. The molecular weight excluding hydrogens is 683 g/mol. The molecule has 16 heteroatoms. The fourth-order valence-corrected chi connectivity index (χ4v) is 9.55. The summed E-state index contributed by atoms with van der Waals surface area (Å²) in [4.78, 5) is 43.3. The first-order valence-corrected chi connectivity index (χ1v) is 18.1. The lowest BCUT2D eigenvalue weighted by Crippen LogP contribution is -2.65. The highest BCUT2D eigenvalue weighted by Gasteiger charge is 2.64. The van der Waals surface area contributed by atoms with Gasteiger partial charge in [0.2, 0.25) is 5.78 Å². The maximum atomic E-state index is 14.4. The van der Waals surface area contributed by atoms with E-state index in [2.05, 4.69) is 5.32 Å². The van der Waals surface area contributed by atoms with Crippen molar-refractivity contribution in [2.75, 3.05) is 58.7 Å². The maximum absolute atomic E-state index is 14.4. The third kappa shape index (κ3) is 6.06. The number of carbonyl (C=O) groups is 3. The number of aromatic hydroxyl groups is 1. The number of nitrogens with one attached hydrogen (secondary N) is 1. The summed E-state index contributed by atoms with van der Waals surface area (Å²) in [6.07, 6.45) is 0.0407. The van der Waals surface area contributed by atoms with Gasteiger partial charge in [-0.3, -0.25) is 23.8 Å². The number of likely N-dealkylation sites (N-methyl/N-ethyl adjacent to an activating group) is 1. The maximum Gasteiger partial charge on any atom is 0.357 e. The summed E-state index contributed by atoms with van der Waals surface area (Å²) in [5, 5.41) is 50.1. The molecule has 15 nitrogen and oxygen atoms in total. The molecule has 0 aliphatic heterocycles. The van der Waals surface area contributed by atoms with Gasteiger partial charge in [0.05, 0.1) is 37.6 Å². The molecule has 0 heterocycles. The third-order valence-corrected chi connectivity index (χ3v) is 12.1. The second-order valence-electron chi connectivity index (χ2n) is 13.2. The van der Waals surface area contributed by atoms with Crippen LogP contribution in [0, 0.1) is 11.8 Å². The van der Waals surface area contributed by atoms with Gasteiger partial charge in [-0.15, -0.1) is 0 Å². The molecule has 1 fully saturated rings. The molecular formula is C35H45N4O11P.